The van der Waals surface area contributed by atoms with Crippen LogP contribution >= 0.6 is 24.0 Å². The van der Waals surface area contributed by atoms with Crippen LogP contribution in [0.25, 0.3) is 0 Å². The van der Waals surface area contributed by atoms with E-state index in [1.54, 1.807) is 7.11 Å². The third-order valence-corrected chi connectivity index (χ3v) is 4.67. The molecule has 0 aliphatic carbocycles. The van der Waals surface area contributed by atoms with E-state index in [1.807, 2.05) is 24.3 Å². The van der Waals surface area contributed by atoms with Crippen LogP contribution in [-0.2, 0) is 0 Å². The first kappa shape index (κ1) is 23.8. The summed E-state index contributed by atoms with van der Waals surface area (Å²) < 4.78 is 11.0. The molecular weight excluding hydrogens is 455 g/mol. The summed E-state index contributed by atoms with van der Waals surface area (Å²) in [5.41, 5.74) is 0. The SMILES string of the molecule is CCNC(=NCC1CCCN(C)C1)N(C)CCOc1ccc(OC)cc1.I. The number of methoxy groups -OCH3 is 1. The Labute approximate surface area is 181 Å². The Hall–Kier alpha value is -1.22. The van der Waals surface area contributed by atoms with E-state index in [1.165, 1.54) is 19.4 Å². The van der Waals surface area contributed by atoms with Gasteiger partial charge in [0, 0.05) is 26.7 Å². The van der Waals surface area contributed by atoms with Gasteiger partial charge in [-0.15, -0.1) is 24.0 Å². The minimum absolute atomic E-state index is 0. The number of halogens is 1. The summed E-state index contributed by atoms with van der Waals surface area (Å²) in [7, 11) is 5.92. The fourth-order valence-electron chi connectivity index (χ4n) is 3.19. The molecule has 1 atom stereocenters. The molecule has 0 spiro atoms. The number of nitrogens with zero attached hydrogens (tertiary/aromatic N) is 3. The summed E-state index contributed by atoms with van der Waals surface area (Å²) in [5, 5.41) is 3.39. The Morgan fingerprint density at radius 2 is 2.00 bits per heavy atom. The van der Waals surface area contributed by atoms with E-state index in [0.29, 0.717) is 12.5 Å². The molecule has 1 aromatic rings. The molecule has 0 aromatic heterocycles. The zero-order valence-electron chi connectivity index (χ0n) is 17.1. The highest BCUT2D eigenvalue weighted by molar-refractivity contribution is 14.0. The van der Waals surface area contributed by atoms with Crippen LogP contribution in [0.15, 0.2) is 29.3 Å². The van der Waals surface area contributed by atoms with Crippen LogP contribution < -0.4 is 14.8 Å². The van der Waals surface area contributed by atoms with Gasteiger partial charge in [-0.1, -0.05) is 0 Å². The molecule has 0 amide bonds. The molecule has 0 bridgehead atoms. The van der Waals surface area contributed by atoms with Crippen LogP contribution in [0.3, 0.4) is 0 Å². The Morgan fingerprint density at radius 3 is 2.63 bits per heavy atom. The highest BCUT2D eigenvalue weighted by Crippen LogP contribution is 2.17. The number of nitrogens with one attached hydrogen (secondary N) is 1. The van der Waals surface area contributed by atoms with Gasteiger partial charge >= 0.3 is 0 Å². The number of benzene rings is 1. The number of likely N-dealkylation sites (N-methyl/N-ethyl adjacent to an activating group) is 1. The summed E-state index contributed by atoms with van der Waals surface area (Å²) in [6.45, 7) is 7.60. The van der Waals surface area contributed by atoms with Crippen molar-refractivity contribution in [3.63, 3.8) is 0 Å². The highest BCUT2D eigenvalue weighted by Gasteiger charge is 2.17. The quantitative estimate of drug-likeness (QED) is 0.345. The largest absolute Gasteiger partial charge is 0.497 e. The van der Waals surface area contributed by atoms with Crippen molar-refractivity contribution in [2.24, 2.45) is 10.9 Å². The second kappa shape index (κ2) is 13.0. The predicted octanol–water partition coefficient (Wildman–Crippen LogP) is 2.93. The van der Waals surface area contributed by atoms with E-state index in [-0.39, 0.29) is 24.0 Å². The molecule has 1 unspecified atom stereocenters. The van der Waals surface area contributed by atoms with Crippen molar-refractivity contribution in [3.8, 4) is 11.5 Å². The van der Waals surface area contributed by atoms with E-state index < -0.39 is 0 Å². The van der Waals surface area contributed by atoms with E-state index >= 15 is 0 Å². The van der Waals surface area contributed by atoms with Crippen LogP contribution in [0.2, 0.25) is 0 Å². The topological polar surface area (TPSA) is 49.3 Å². The van der Waals surface area contributed by atoms with Gasteiger partial charge in [-0.2, -0.15) is 0 Å². The maximum absolute atomic E-state index is 5.83. The number of guanidine groups is 1. The molecule has 1 aromatic carbocycles. The number of hydrogen-bond acceptors (Lipinski definition) is 4. The molecule has 1 aliphatic rings. The molecule has 27 heavy (non-hydrogen) atoms. The monoisotopic (exact) mass is 490 g/mol. The second-order valence-electron chi connectivity index (χ2n) is 6.91. The minimum atomic E-state index is 0. The summed E-state index contributed by atoms with van der Waals surface area (Å²) in [6.07, 6.45) is 2.55. The Morgan fingerprint density at radius 1 is 1.30 bits per heavy atom. The first-order valence-corrected chi connectivity index (χ1v) is 9.57. The lowest BCUT2D eigenvalue weighted by atomic mass is 9.99. The molecule has 1 aliphatic heterocycles. The number of likely N-dealkylation sites (tertiary alicyclic amines) is 1. The lowest BCUT2D eigenvalue weighted by Gasteiger charge is -2.29. The third kappa shape index (κ3) is 8.55. The van der Waals surface area contributed by atoms with Crippen molar-refractivity contribution in [1.29, 1.82) is 0 Å². The van der Waals surface area contributed by atoms with Gasteiger partial charge in [0.25, 0.3) is 0 Å². The summed E-state index contributed by atoms with van der Waals surface area (Å²) in [4.78, 5) is 9.40. The molecule has 2 rings (SSSR count). The van der Waals surface area contributed by atoms with Gasteiger partial charge < -0.3 is 24.6 Å². The van der Waals surface area contributed by atoms with Crippen LogP contribution in [-0.4, -0.2) is 76.3 Å². The smallest absolute Gasteiger partial charge is 0.193 e. The molecule has 1 heterocycles. The first-order valence-electron chi connectivity index (χ1n) is 9.57. The van der Waals surface area contributed by atoms with Crippen LogP contribution in [0, 0.1) is 5.92 Å². The molecule has 1 N–H and O–H groups in total. The molecule has 154 valence electrons. The van der Waals surface area contributed by atoms with Crippen LogP contribution in [0.4, 0.5) is 0 Å². The van der Waals surface area contributed by atoms with E-state index in [9.17, 15) is 0 Å². The molecule has 6 nitrogen and oxygen atoms in total. The van der Waals surface area contributed by atoms with Crippen molar-refractivity contribution in [3.05, 3.63) is 24.3 Å². The third-order valence-electron chi connectivity index (χ3n) is 4.67. The minimum Gasteiger partial charge on any atom is -0.497 e. The van der Waals surface area contributed by atoms with Gasteiger partial charge in [0.1, 0.15) is 18.1 Å². The van der Waals surface area contributed by atoms with Gasteiger partial charge in [0.05, 0.1) is 13.7 Å². The maximum Gasteiger partial charge on any atom is 0.193 e. The summed E-state index contributed by atoms with van der Waals surface area (Å²) >= 11 is 0. The molecule has 0 saturated carbocycles. The number of aliphatic imine (C=N–C) groups is 1. The van der Waals surface area contributed by atoms with E-state index in [0.717, 1.165) is 43.6 Å². The Kier molecular flexibility index (Phi) is 11.5. The fourth-order valence-corrected chi connectivity index (χ4v) is 3.19. The van der Waals surface area contributed by atoms with Crippen LogP contribution in [0.5, 0.6) is 11.5 Å². The predicted molar refractivity (Wildman–Crippen MR) is 123 cm³/mol. The molecule has 0 radical (unpaired) electrons. The normalized spacial score (nSPS) is 17.8. The zero-order chi connectivity index (χ0) is 18.8. The van der Waals surface area contributed by atoms with E-state index in [4.69, 9.17) is 14.5 Å². The van der Waals surface area contributed by atoms with Gasteiger partial charge in [0.15, 0.2) is 5.96 Å². The lowest BCUT2D eigenvalue weighted by Crippen LogP contribution is -2.41. The average Bonchev–Trinajstić information content (AvgIpc) is 2.65. The molecule has 1 saturated heterocycles. The Bertz CT molecular complexity index is 553. The van der Waals surface area contributed by atoms with Crippen molar-refractivity contribution in [1.82, 2.24) is 15.1 Å². The van der Waals surface area contributed by atoms with E-state index in [2.05, 4.69) is 36.1 Å². The lowest BCUT2D eigenvalue weighted by molar-refractivity contribution is 0.214. The van der Waals surface area contributed by atoms with Crippen molar-refractivity contribution in [2.45, 2.75) is 19.8 Å². The van der Waals surface area contributed by atoms with Gasteiger partial charge in [0.2, 0.25) is 0 Å². The maximum atomic E-state index is 5.83. The van der Waals surface area contributed by atoms with Crippen molar-refractivity contribution < 1.29 is 9.47 Å². The number of ether oxygens (including phenoxy) is 2. The molecular formula is C20H35IN4O2. The average molecular weight is 490 g/mol. The fraction of sp³-hybridized carbons (Fsp3) is 0.650. The zero-order valence-corrected chi connectivity index (χ0v) is 19.4. The van der Waals surface area contributed by atoms with Crippen molar-refractivity contribution >= 4 is 29.9 Å². The van der Waals surface area contributed by atoms with Gasteiger partial charge in [-0.25, -0.2) is 0 Å². The molecule has 7 heteroatoms. The summed E-state index contributed by atoms with van der Waals surface area (Å²) in [5.74, 6) is 3.31. The number of piperidine rings is 1. The number of hydrogen-bond donors (Lipinski definition) is 1. The van der Waals surface area contributed by atoms with Gasteiger partial charge in [-0.3, -0.25) is 4.99 Å². The number of rotatable bonds is 8. The Balaban J connectivity index is 0.00000364. The molecule has 1 fully saturated rings. The van der Waals surface area contributed by atoms with Crippen molar-refractivity contribution in [2.75, 3.05) is 60.5 Å². The highest BCUT2D eigenvalue weighted by atomic mass is 127. The van der Waals surface area contributed by atoms with Gasteiger partial charge in [-0.05, 0) is 63.5 Å². The first-order chi connectivity index (χ1) is 12.6. The second-order valence-corrected chi connectivity index (χ2v) is 6.91. The standard InChI is InChI=1S/C20H34N4O2.HI/c1-5-21-20(22-15-17-7-6-12-23(2)16-17)24(3)13-14-26-19-10-8-18(25-4)9-11-19;/h8-11,17H,5-7,12-16H2,1-4H3,(H,21,22);1H. The summed E-state index contributed by atoms with van der Waals surface area (Å²) in [6, 6.07) is 7.67. The van der Waals surface area contributed by atoms with Crippen LogP contribution in [0.1, 0.15) is 19.8 Å².